The number of ether oxygens (including phenoxy) is 1. The van der Waals surface area contributed by atoms with Crippen LogP contribution in [0, 0.1) is 11.8 Å². The summed E-state index contributed by atoms with van der Waals surface area (Å²) in [5.74, 6) is -2.93. The Morgan fingerprint density at radius 2 is 1.58 bits per heavy atom. The second-order valence-electron chi connectivity index (χ2n) is 9.83. The van der Waals surface area contributed by atoms with Crippen molar-refractivity contribution in [3.8, 4) is 5.75 Å². The summed E-state index contributed by atoms with van der Waals surface area (Å²) in [7, 11) is 0. The highest BCUT2D eigenvalue weighted by Gasteiger charge is 2.42. The van der Waals surface area contributed by atoms with E-state index in [1.165, 1.54) is 12.1 Å². The van der Waals surface area contributed by atoms with Gasteiger partial charge < -0.3 is 14.7 Å². The molecule has 198 valence electrons. The first-order chi connectivity index (χ1) is 16.9. The Morgan fingerprint density at radius 3 is 2.17 bits per heavy atom. The number of hydrogen-bond donors (Lipinski definition) is 1. The molecule has 1 saturated heterocycles. The van der Waals surface area contributed by atoms with Gasteiger partial charge >= 0.3 is 18.3 Å². The van der Waals surface area contributed by atoms with E-state index in [4.69, 9.17) is 9.84 Å². The quantitative estimate of drug-likeness (QED) is 0.434. The zero-order valence-corrected chi connectivity index (χ0v) is 19.7. The number of aliphatic carboxylic acids is 1. The van der Waals surface area contributed by atoms with E-state index in [1.807, 2.05) is 0 Å². The molecule has 1 N–H and O–H groups in total. The first-order valence-electron chi connectivity index (χ1n) is 12.2. The molecule has 0 aromatic heterocycles. The Bertz CT molecular complexity index is 1070. The molecule has 1 heterocycles. The first kappa shape index (κ1) is 26.6. The molecule has 0 spiro atoms. The van der Waals surface area contributed by atoms with Crippen LogP contribution in [0.15, 0.2) is 30.3 Å². The Kier molecular flexibility index (Phi) is 7.73. The number of hydrogen-bond acceptors (Lipinski definition) is 3. The van der Waals surface area contributed by atoms with E-state index < -0.39 is 35.9 Å². The van der Waals surface area contributed by atoms with E-state index in [-0.39, 0.29) is 42.7 Å². The van der Waals surface area contributed by atoms with Gasteiger partial charge in [-0.25, -0.2) is 0 Å². The van der Waals surface area contributed by atoms with E-state index in [2.05, 4.69) is 4.90 Å². The molecule has 10 heteroatoms. The summed E-state index contributed by atoms with van der Waals surface area (Å²) in [6, 6.07) is 7.73. The van der Waals surface area contributed by atoms with Crippen LogP contribution in [0.5, 0.6) is 5.75 Å². The number of benzene rings is 2. The highest BCUT2D eigenvalue weighted by molar-refractivity contribution is 5.89. The topological polar surface area (TPSA) is 49.8 Å². The van der Waals surface area contributed by atoms with Crippen molar-refractivity contribution < 1.29 is 41.0 Å². The van der Waals surface area contributed by atoms with Gasteiger partial charge in [0.15, 0.2) is 0 Å². The molecular formula is C26H29F6NO3. The number of carboxylic acids is 1. The molecule has 1 aliphatic carbocycles. The summed E-state index contributed by atoms with van der Waals surface area (Å²) in [5, 5.41) is 9.54. The number of piperidine rings is 1. The van der Waals surface area contributed by atoms with E-state index in [9.17, 15) is 31.1 Å². The fourth-order valence-electron chi connectivity index (χ4n) is 5.27. The number of carboxylic acid groups (broad SMARTS) is 1. The lowest BCUT2D eigenvalue weighted by molar-refractivity contribution is -0.185. The third-order valence-electron chi connectivity index (χ3n) is 7.42. The molecule has 0 unspecified atom stereocenters. The Hall–Kier alpha value is -2.49. The lowest BCUT2D eigenvalue weighted by atomic mass is 9.87. The second kappa shape index (κ2) is 10.5. The van der Waals surface area contributed by atoms with Gasteiger partial charge in [-0.05, 0) is 80.4 Å². The van der Waals surface area contributed by atoms with Gasteiger partial charge in [-0.15, -0.1) is 0 Å². The van der Waals surface area contributed by atoms with E-state index in [1.54, 1.807) is 18.2 Å². The zero-order chi connectivity index (χ0) is 26.1. The third kappa shape index (κ3) is 6.25. The molecular weight excluding hydrogens is 488 g/mol. The van der Waals surface area contributed by atoms with Crippen molar-refractivity contribution in [1.82, 2.24) is 4.90 Å². The predicted octanol–water partition coefficient (Wildman–Crippen LogP) is 6.70. The van der Waals surface area contributed by atoms with Crippen LogP contribution in [0.25, 0.3) is 10.8 Å². The largest absolute Gasteiger partial charge is 0.490 e. The minimum absolute atomic E-state index is 0.00561. The molecule has 1 saturated carbocycles. The number of alkyl halides is 6. The number of rotatable bonds is 6. The van der Waals surface area contributed by atoms with Gasteiger partial charge in [0.1, 0.15) is 11.3 Å². The van der Waals surface area contributed by atoms with Crippen molar-refractivity contribution in [2.75, 3.05) is 19.6 Å². The molecule has 2 aromatic carbocycles. The number of halogens is 6. The Balaban J connectivity index is 1.49. The summed E-state index contributed by atoms with van der Waals surface area (Å²) in [6.07, 6.45) is -8.28. The summed E-state index contributed by atoms with van der Waals surface area (Å²) < 4.78 is 87.0. The van der Waals surface area contributed by atoms with Crippen LogP contribution in [-0.2, 0) is 17.4 Å². The minimum atomic E-state index is -4.70. The number of likely N-dealkylation sites (tertiary alicyclic amines) is 1. The summed E-state index contributed by atoms with van der Waals surface area (Å²) in [5.41, 5.74) is -0.182. The second-order valence-corrected chi connectivity index (χ2v) is 9.83. The molecule has 4 nitrogen and oxygen atoms in total. The van der Waals surface area contributed by atoms with Crippen molar-refractivity contribution in [3.05, 3.63) is 41.5 Å². The maximum atomic E-state index is 14.2. The maximum Gasteiger partial charge on any atom is 0.420 e. The van der Waals surface area contributed by atoms with Crippen molar-refractivity contribution >= 4 is 16.7 Å². The molecule has 0 amide bonds. The molecule has 2 fully saturated rings. The number of fused-ring (bicyclic) bond motifs is 1. The SMILES string of the molecule is O=C(O)C1CCN(CCc2ccc3ccc(O[C@H]4CC[C@@H](C(F)(F)F)CC4)c(C(F)(F)F)c3c2)CC1. The first-order valence-corrected chi connectivity index (χ1v) is 12.2. The average molecular weight is 518 g/mol. The molecule has 36 heavy (non-hydrogen) atoms. The van der Waals surface area contributed by atoms with Crippen molar-refractivity contribution in [3.63, 3.8) is 0 Å². The van der Waals surface area contributed by atoms with Gasteiger partial charge in [0, 0.05) is 6.54 Å². The third-order valence-corrected chi connectivity index (χ3v) is 7.42. The average Bonchev–Trinajstić information content (AvgIpc) is 2.81. The number of nitrogens with zero attached hydrogens (tertiary/aromatic N) is 1. The van der Waals surface area contributed by atoms with Crippen molar-refractivity contribution in [2.24, 2.45) is 11.8 Å². The standard InChI is InChI=1S/C26H29F6NO3/c27-25(28,29)19-4-6-20(7-5-19)36-22-8-3-17-2-1-16(15-21(17)23(22)26(30,31)32)9-12-33-13-10-18(11-14-33)24(34)35/h1-3,8,15,18-20H,4-7,9-14H2,(H,34,35)/t19-,20+. The zero-order valence-electron chi connectivity index (χ0n) is 19.7. The number of carbonyl (C=O) groups is 1. The monoisotopic (exact) mass is 517 g/mol. The fraction of sp³-hybridized carbons (Fsp3) is 0.577. The molecule has 1 aliphatic heterocycles. The fourth-order valence-corrected chi connectivity index (χ4v) is 5.27. The lowest BCUT2D eigenvalue weighted by Crippen LogP contribution is -2.37. The van der Waals surface area contributed by atoms with Gasteiger partial charge in [0.25, 0.3) is 0 Å². The van der Waals surface area contributed by atoms with Crippen LogP contribution in [0.3, 0.4) is 0 Å². The van der Waals surface area contributed by atoms with Gasteiger partial charge in [-0.1, -0.05) is 24.3 Å². The molecule has 2 aromatic rings. The van der Waals surface area contributed by atoms with E-state index in [0.29, 0.717) is 44.3 Å². The molecule has 0 bridgehead atoms. The highest BCUT2D eigenvalue weighted by Crippen LogP contribution is 2.44. The summed E-state index contributed by atoms with van der Waals surface area (Å²) >= 11 is 0. The Morgan fingerprint density at radius 1 is 0.944 bits per heavy atom. The van der Waals surface area contributed by atoms with Crippen LogP contribution in [-0.4, -0.2) is 47.9 Å². The van der Waals surface area contributed by atoms with Crippen LogP contribution in [0.4, 0.5) is 26.3 Å². The highest BCUT2D eigenvalue weighted by atomic mass is 19.4. The normalized spacial score (nSPS) is 22.6. The van der Waals surface area contributed by atoms with Gasteiger partial charge in [-0.2, -0.15) is 26.3 Å². The Labute approximate surface area is 205 Å². The molecule has 0 radical (unpaired) electrons. The molecule has 0 atom stereocenters. The predicted molar refractivity (Wildman–Crippen MR) is 122 cm³/mol. The maximum absolute atomic E-state index is 14.2. The molecule has 4 rings (SSSR count). The summed E-state index contributed by atoms with van der Waals surface area (Å²) in [6.45, 7) is 1.87. The van der Waals surface area contributed by atoms with E-state index >= 15 is 0 Å². The van der Waals surface area contributed by atoms with Crippen molar-refractivity contribution in [1.29, 1.82) is 0 Å². The van der Waals surface area contributed by atoms with Gasteiger partial charge in [0.2, 0.25) is 0 Å². The van der Waals surface area contributed by atoms with Crippen LogP contribution in [0.2, 0.25) is 0 Å². The summed E-state index contributed by atoms with van der Waals surface area (Å²) in [4.78, 5) is 13.2. The smallest absolute Gasteiger partial charge is 0.420 e. The van der Waals surface area contributed by atoms with Crippen LogP contribution in [0.1, 0.15) is 49.7 Å². The lowest BCUT2D eigenvalue weighted by Gasteiger charge is -2.31. The van der Waals surface area contributed by atoms with Gasteiger partial charge in [0.05, 0.1) is 17.9 Å². The van der Waals surface area contributed by atoms with Gasteiger partial charge in [-0.3, -0.25) is 4.79 Å². The van der Waals surface area contributed by atoms with Crippen LogP contribution >= 0.6 is 0 Å². The minimum Gasteiger partial charge on any atom is -0.490 e. The molecule has 2 aliphatic rings. The van der Waals surface area contributed by atoms with E-state index in [0.717, 1.165) is 5.56 Å². The van der Waals surface area contributed by atoms with Crippen LogP contribution < -0.4 is 4.74 Å². The van der Waals surface area contributed by atoms with Crippen molar-refractivity contribution in [2.45, 2.75) is 63.4 Å².